The molecule has 3 aliphatic rings. The van der Waals surface area contributed by atoms with Gasteiger partial charge < -0.3 is 73.0 Å². The molecule has 0 aliphatic carbocycles. The number of hydrogen-bond acceptors (Lipinski definition) is 14. The van der Waals surface area contributed by atoms with Crippen LogP contribution in [0.15, 0.2) is 0 Å². The number of nitrogens with two attached hydrogens (primary N) is 2. The van der Waals surface area contributed by atoms with Crippen LogP contribution in [0.25, 0.3) is 0 Å². The first-order valence-corrected chi connectivity index (χ1v) is 20.4. The van der Waals surface area contributed by atoms with E-state index in [0.717, 1.165) is 4.90 Å². The van der Waals surface area contributed by atoms with Crippen molar-refractivity contribution < 1.29 is 73.5 Å². The number of carbonyl (C=O) groups excluding carboxylic acids is 7. The highest BCUT2D eigenvalue weighted by Crippen LogP contribution is 2.26. The van der Waals surface area contributed by atoms with Gasteiger partial charge in [-0.1, -0.05) is 6.42 Å². The minimum atomic E-state index is -1.66. The van der Waals surface area contributed by atoms with E-state index in [9.17, 15) is 68.4 Å². The number of unbranched alkanes of at least 4 members (excludes halogenated alkanes) is 1. The first-order chi connectivity index (χ1) is 28.9. The third-order valence-corrected chi connectivity index (χ3v) is 10.9. The summed E-state index contributed by atoms with van der Waals surface area (Å²) in [6, 6.07) is -10.6. The molecule has 61 heavy (non-hydrogen) atoms. The fourth-order valence-electron chi connectivity index (χ4n) is 7.65. The summed E-state index contributed by atoms with van der Waals surface area (Å²) in [6.45, 7) is -1.07. The molecule has 0 aromatic carbocycles. The minimum absolute atomic E-state index is 0.0242. The normalized spacial score (nSPS) is 21.1. The minimum Gasteiger partial charge on any atom is -0.481 e. The number of rotatable bonds is 24. The van der Waals surface area contributed by atoms with Gasteiger partial charge in [-0.15, -0.1) is 0 Å². The maximum absolute atomic E-state index is 14.0. The van der Waals surface area contributed by atoms with Gasteiger partial charge in [0.2, 0.25) is 41.4 Å². The number of nitrogens with zero attached hydrogens (tertiary/aromatic N) is 3. The van der Waals surface area contributed by atoms with Gasteiger partial charge in [-0.25, -0.2) is 4.79 Å². The fourth-order valence-corrected chi connectivity index (χ4v) is 7.65. The molecule has 7 amide bonds. The van der Waals surface area contributed by atoms with Crippen LogP contribution in [0.1, 0.15) is 83.5 Å². The van der Waals surface area contributed by atoms with Crippen LogP contribution in [0.4, 0.5) is 0 Å². The monoisotopic (exact) mass is 869 g/mol. The summed E-state index contributed by atoms with van der Waals surface area (Å²) >= 11 is 0. The third kappa shape index (κ3) is 14.0. The van der Waals surface area contributed by atoms with E-state index in [1.807, 2.05) is 0 Å². The zero-order valence-electron chi connectivity index (χ0n) is 33.9. The summed E-state index contributed by atoms with van der Waals surface area (Å²) in [4.78, 5) is 132. The van der Waals surface area contributed by atoms with Crippen LogP contribution < -0.4 is 32.7 Å². The Morgan fingerprint density at radius 3 is 1.54 bits per heavy atom. The standard InChI is InChI=1S/C37H59N9O15/c38-14-2-1-6-20(39)34(57)44-15-3-7-25(44)33(56)42-23(18-47)31(54)43-24(19-48)35(58)46-17-5-9-27(46)36(59)45-16-4-8-26(45)32(55)40-21(10-12-28(49)50)30(53)41-22(37(60)61)11-13-29(51)52/h20-27,47-48H,1-19,38-39H2,(H,40,55)(H,41,53)(H,42,56)(H,43,54)(H,49,50)(H,51,52)(H,60,61)/t20-,21-,22-,23-,24-,25-,26-,27-/m0/s1. The lowest BCUT2D eigenvalue weighted by Crippen LogP contribution is -2.60. The van der Waals surface area contributed by atoms with E-state index < -0.39 is 146 Å². The summed E-state index contributed by atoms with van der Waals surface area (Å²) < 4.78 is 0. The first-order valence-electron chi connectivity index (χ1n) is 20.4. The molecular formula is C37H59N9O15. The fraction of sp³-hybridized carbons (Fsp3) is 0.730. The molecule has 24 nitrogen and oxygen atoms in total. The molecule has 8 atom stereocenters. The van der Waals surface area contributed by atoms with Gasteiger partial charge >= 0.3 is 17.9 Å². The number of aliphatic hydroxyl groups is 2. The molecule has 0 radical (unpaired) electrons. The van der Waals surface area contributed by atoms with Crippen molar-refractivity contribution in [3.05, 3.63) is 0 Å². The Labute approximate surface area is 351 Å². The van der Waals surface area contributed by atoms with E-state index in [4.69, 9.17) is 16.6 Å². The molecule has 13 N–H and O–H groups in total. The maximum Gasteiger partial charge on any atom is 0.326 e. The second kappa shape index (κ2) is 24.1. The summed E-state index contributed by atoms with van der Waals surface area (Å²) in [5.74, 6) is -9.88. The molecule has 0 bridgehead atoms. The van der Waals surface area contributed by atoms with Crippen molar-refractivity contribution in [2.45, 2.75) is 132 Å². The Kier molecular flexibility index (Phi) is 19.7. The molecule has 3 saturated heterocycles. The molecule has 0 unspecified atom stereocenters. The quantitative estimate of drug-likeness (QED) is 0.0405. The Hall–Kier alpha value is -5.46. The lowest BCUT2D eigenvalue weighted by Gasteiger charge is -2.33. The predicted molar refractivity (Wildman–Crippen MR) is 208 cm³/mol. The second-order valence-electron chi connectivity index (χ2n) is 15.3. The van der Waals surface area contributed by atoms with Gasteiger partial charge in [0.15, 0.2) is 0 Å². The summed E-state index contributed by atoms with van der Waals surface area (Å²) in [6.07, 6.45) is 1.14. The Morgan fingerprint density at radius 1 is 0.557 bits per heavy atom. The molecule has 3 heterocycles. The maximum atomic E-state index is 14.0. The lowest BCUT2D eigenvalue weighted by atomic mass is 10.1. The van der Waals surface area contributed by atoms with Crippen LogP contribution in [0.3, 0.4) is 0 Å². The largest absolute Gasteiger partial charge is 0.481 e. The predicted octanol–water partition coefficient (Wildman–Crippen LogP) is -4.85. The number of carbonyl (C=O) groups is 10. The average Bonchev–Trinajstić information content (AvgIpc) is 4.03. The van der Waals surface area contributed by atoms with Gasteiger partial charge in [0.25, 0.3) is 0 Å². The van der Waals surface area contributed by atoms with Gasteiger partial charge in [0, 0.05) is 32.5 Å². The van der Waals surface area contributed by atoms with Crippen LogP contribution >= 0.6 is 0 Å². The highest BCUT2D eigenvalue weighted by molar-refractivity contribution is 5.98. The van der Waals surface area contributed by atoms with Crippen LogP contribution in [-0.4, -0.2) is 187 Å². The van der Waals surface area contributed by atoms with E-state index in [2.05, 4.69) is 21.3 Å². The van der Waals surface area contributed by atoms with E-state index in [1.165, 1.54) is 9.80 Å². The summed E-state index contributed by atoms with van der Waals surface area (Å²) in [5.41, 5.74) is 11.6. The SMILES string of the molecule is NCCCC[C@H](N)C(=O)N1CCC[C@H]1C(=O)N[C@@H](CO)C(=O)N[C@@H](CO)C(=O)N1CCC[C@H]1C(=O)N1CCC[C@H]1C(=O)N[C@@H](CCC(=O)O)C(=O)N[C@@H](CCC(=O)O)C(=O)O. The number of nitrogens with one attached hydrogen (secondary N) is 4. The molecule has 342 valence electrons. The van der Waals surface area contributed by atoms with Crippen LogP contribution in [0.5, 0.6) is 0 Å². The van der Waals surface area contributed by atoms with E-state index in [0.29, 0.717) is 45.1 Å². The smallest absolute Gasteiger partial charge is 0.326 e. The van der Waals surface area contributed by atoms with E-state index >= 15 is 0 Å². The van der Waals surface area contributed by atoms with Crippen LogP contribution in [-0.2, 0) is 47.9 Å². The van der Waals surface area contributed by atoms with Crippen molar-refractivity contribution in [2.24, 2.45) is 11.5 Å². The second-order valence-corrected chi connectivity index (χ2v) is 15.3. The van der Waals surface area contributed by atoms with Crippen LogP contribution in [0, 0.1) is 0 Å². The van der Waals surface area contributed by atoms with Crippen molar-refractivity contribution in [2.75, 3.05) is 39.4 Å². The molecular weight excluding hydrogens is 810 g/mol. The molecule has 24 heteroatoms. The summed E-state index contributed by atoms with van der Waals surface area (Å²) in [7, 11) is 0. The molecule has 3 aliphatic heterocycles. The van der Waals surface area contributed by atoms with Crippen molar-refractivity contribution in [1.82, 2.24) is 36.0 Å². The number of hydrogen-bond donors (Lipinski definition) is 11. The lowest BCUT2D eigenvalue weighted by molar-refractivity contribution is -0.149. The topological polar surface area (TPSA) is 382 Å². The van der Waals surface area contributed by atoms with Gasteiger partial charge in [-0.05, 0) is 70.8 Å². The van der Waals surface area contributed by atoms with E-state index in [-0.39, 0.29) is 38.9 Å². The van der Waals surface area contributed by atoms with Crippen molar-refractivity contribution in [3.63, 3.8) is 0 Å². The first kappa shape index (κ1) is 49.9. The Morgan fingerprint density at radius 2 is 1.02 bits per heavy atom. The Balaban J connectivity index is 1.67. The zero-order chi connectivity index (χ0) is 45.4. The zero-order valence-corrected chi connectivity index (χ0v) is 33.9. The number of aliphatic hydroxyl groups excluding tert-OH is 2. The molecule has 0 spiro atoms. The van der Waals surface area contributed by atoms with Crippen LogP contribution in [0.2, 0.25) is 0 Å². The van der Waals surface area contributed by atoms with Gasteiger partial charge in [-0.3, -0.25) is 43.2 Å². The Bertz CT molecular complexity index is 1630. The highest BCUT2D eigenvalue weighted by atomic mass is 16.4. The molecule has 0 aromatic rings. The average molecular weight is 870 g/mol. The van der Waals surface area contributed by atoms with E-state index in [1.54, 1.807) is 0 Å². The number of amides is 7. The van der Waals surface area contributed by atoms with Gasteiger partial charge in [0.05, 0.1) is 19.3 Å². The number of carboxylic acid groups (broad SMARTS) is 3. The highest BCUT2D eigenvalue weighted by Gasteiger charge is 2.45. The van der Waals surface area contributed by atoms with Crippen molar-refractivity contribution in [3.8, 4) is 0 Å². The molecule has 0 saturated carbocycles. The third-order valence-electron chi connectivity index (χ3n) is 10.9. The van der Waals surface area contributed by atoms with Crippen molar-refractivity contribution in [1.29, 1.82) is 0 Å². The molecule has 0 aromatic heterocycles. The van der Waals surface area contributed by atoms with Gasteiger partial charge in [0.1, 0.15) is 42.3 Å². The molecule has 3 fully saturated rings. The number of aliphatic carboxylic acids is 3. The van der Waals surface area contributed by atoms with Gasteiger partial charge in [-0.2, -0.15) is 0 Å². The van der Waals surface area contributed by atoms with Crippen molar-refractivity contribution >= 4 is 59.3 Å². The number of carboxylic acids is 3. The summed E-state index contributed by atoms with van der Waals surface area (Å²) in [5, 5.41) is 57.1. The molecule has 3 rings (SSSR count). The number of likely N-dealkylation sites (tertiary alicyclic amines) is 3.